The van der Waals surface area contributed by atoms with E-state index < -0.39 is 28.7 Å². The van der Waals surface area contributed by atoms with Crippen LogP contribution in [0.1, 0.15) is 27.3 Å². The lowest BCUT2D eigenvalue weighted by Gasteiger charge is -2.37. The molecule has 0 bridgehead atoms. The zero-order valence-electron chi connectivity index (χ0n) is 17.9. The van der Waals surface area contributed by atoms with Crippen LogP contribution in [0, 0.1) is 6.92 Å². The molecule has 1 aromatic heterocycles. The van der Waals surface area contributed by atoms with Gasteiger partial charge in [-0.05, 0) is 24.6 Å². The van der Waals surface area contributed by atoms with E-state index in [2.05, 4.69) is 5.10 Å². The highest BCUT2D eigenvalue weighted by Crippen LogP contribution is 2.35. The first kappa shape index (κ1) is 25.1. The van der Waals surface area contributed by atoms with Crippen LogP contribution in [-0.2, 0) is 28.9 Å². The second-order valence-corrected chi connectivity index (χ2v) is 8.31. The number of carbonyl (C=O) groups excluding carboxylic acids is 2. The smallest absolute Gasteiger partial charge is 0.380 e. The monoisotopic (exact) mass is 507 g/mol. The molecule has 2 aromatic rings. The van der Waals surface area contributed by atoms with Gasteiger partial charge in [-0.1, -0.05) is 23.2 Å². The lowest BCUT2D eigenvalue weighted by molar-refractivity contribution is -0.142. The highest BCUT2D eigenvalue weighted by Gasteiger charge is 2.38. The van der Waals surface area contributed by atoms with Crippen molar-refractivity contribution in [2.75, 3.05) is 38.2 Å². The molecule has 0 aliphatic carbocycles. The van der Waals surface area contributed by atoms with E-state index in [0.29, 0.717) is 42.5 Å². The van der Waals surface area contributed by atoms with Crippen molar-refractivity contribution >= 4 is 40.7 Å². The van der Waals surface area contributed by atoms with E-state index in [1.807, 2.05) is 4.90 Å². The Hall–Kier alpha value is -2.50. The number of primary amides is 1. The van der Waals surface area contributed by atoms with Gasteiger partial charge in [0.05, 0.1) is 28.6 Å². The number of carbonyl (C=O) groups is 2. The molecule has 0 atom stereocenters. The summed E-state index contributed by atoms with van der Waals surface area (Å²) in [7, 11) is 1.52. The molecule has 3 rings (SSSR count). The number of anilines is 1. The van der Waals surface area contributed by atoms with Gasteiger partial charge >= 0.3 is 6.18 Å². The Balaban J connectivity index is 1.72. The van der Waals surface area contributed by atoms with E-state index in [9.17, 15) is 22.8 Å². The SMILES string of the molecule is COCc1cc(N2CCN(C(=O)Cn3nc(C(F)(F)F)c(Cl)c3C)CC2)c(C(N)=O)cc1Cl. The molecular formula is C20H22Cl2F3N5O3. The third-order valence-electron chi connectivity index (χ3n) is 5.39. The van der Waals surface area contributed by atoms with E-state index >= 15 is 0 Å². The number of halogens is 5. The first-order chi connectivity index (χ1) is 15.4. The Labute approximate surface area is 198 Å². The van der Waals surface area contributed by atoms with Crippen molar-refractivity contribution < 1.29 is 27.5 Å². The van der Waals surface area contributed by atoms with Crippen LogP contribution in [0.25, 0.3) is 0 Å². The summed E-state index contributed by atoms with van der Waals surface area (Å²) in [5, 5.41) is 3.31. The molecular weight excluding hydrogens is 486 g/mol. The van der Waals surface area contributed by atoms with Crippen LogP contribution in [0.3, 0.4) is 0 Å². The van der Waals surface area contributed by atoms with Gasteiger partial charge in [-0.3, -0.25) is 14.3 Å². The maximum Gasteiger partial charge on any atom is 0.436 e. The Morgan fingerprint density at radius 2 is 1.82 bits per heavy atom. The summed E-state index contributed by atoms with van der Waals surface area (Å²) in [6, 6.07) is 3.23. The van der Waals surface area contributed by atoms with Gasteiger partial charge in [-0.15, -0.1) is 0 Å². The lowest BCUT2D eigenvalue weighted by Crippen LogP contribution is -2.50. The minimum atomic E-state index is -4.71. The molecule has 2 N–H and O–H groups in total. The van der Waals surface area contributed by atoms with Crippen LogP contribution in [0.15, 0.2) is 12.1 Å². The summed E-state index contributed by atoms with van der Waals surface area (Å²) in [5.74, 6) is -1.03. The summed E-state index contributed by atoms with van der Waals surface area (Å²) in [5.41, 5.74) is 5.88. The van der Waals surface area contributed by atoms with Gasteiger partial charge in [-0.2, -0.15) is 18.3 Å². The first-order valence-electron chi connectivity index (χ1n) is 9.88. The zero-order chi connectivity index (χ0) is 24.5. The minimum Gasteiger partial charge on any atom is -0.380 e. The van der Waals surface area contributed by atoms with Gasteiger partial charge in [-0.25, -0.2) is 0 Å². The topological polar surface area (TPSA) is 93.7 Å². The number of amides is 2. The molecule has 0 unspecified atom stereocenters. The molecule has 8 nitrogen and oxygen atoms in total. The van der Waals surface area contributed by atoms with Gasteiger partial charge in [0.2, 0.25) is 5.91 Å². The molecule has 2 amide bonds. The van der Waals surface area contributed by atoms with Gasteiger partial charge in [0.15, 0.2) is 5.69 Å². The standard InChI is InChI=1S/C20H22Cl2F3N5O3/c1-11-17(22)18(20(23,24)25)27-30(11)9-16(31)29-5-3-28(4-6-29)15-7-12(10-33-2)14(21)8-13(15)19(26)32/h7-8H,3-6,9-10H2,1-2H3,(H2,26,32). The number of piperazine rings is 1. The van der Waals surface area contributed by atoms with Gasteiger partial charge in [0.25, 0.3) is 5.91 Å². The molecule has 1 saturated heterocycles. The first-order valence-corrected chi connectivity index (χ1v) is 10.6. The van der Waals surface area contributed by atoms with Crippen LogP contribution in [-0.4, -0.2) is 59.8 Å². The lowest BCUT2D eigenvalue weighted by atomic mass is 10.1. The number of hydrogen-bond donors (Lipinski definition) is 1. The number of alkyl halides is 3. The molecule has 13 heteroatoms. The number of nitrogens with zero attached hydrogens (tertiary/aromatic N) is 4. The van der Waals surface area contributed by atoms with E-state index in [1.54, 1.807) is 6.07 Å². The number of ether oxygens (including phenoxy) is 1. The molecule has 33 heavy (non-hydrogen) atoms. The summed E-state index contributed by atoms with van der Waals surface area (Å²) >= 11 is 12.0. The second-order valence-electron chi connectivity index (χ2n) is 7.53. The Morgan fingerprint density at radius 3 is 2.33 bits per heavy atom. The van der Waals surface area contributed by atoms with Crippen molar-refractivity contribution in [1.82, 2.24) is 14.7 Å². The molecule has 180 valence electrons. The van der Waals surface area contributed by atoms with Crippen molar-refractivity contribution in [2.45, 2.75) is 26.3 Å². The fourth-order valence-corrected chi connectivity index (χ4v) is 4.08. The Kier molecular flexibility index (Phi) is 7.45. The number of aromatic nitrogens is 2. The zero-order valence-corrected chi connectivity index (χ0v) is 19.4. The fraction of sp³-hybridized carbons (Fsp3) is 0.450. The molecule has 1 aromatic carbocycles. The van der Waals surface area contributed by atoms with Crippen LogP contribution < -0.4 is 10.6 Å². The third kappa shape index (κ3) is 5.36. The highest BCUT2D eigenvalue weighted by atomic mass is 35.5. The number of rotatable bonds is 6. The van der Waals surface area contributed by atoms with Gasteiger partial charge in [0.1, 0.15) is 6.54 Å². The largest absolute Gasteiger partial charge is 0.436 e. The fourth-order valence-electron chi connectivity index (χ4n) is 3.61. The second kappa shape index (κ2) is 9.78. The van der Waals surface area contributed by atoms with Crippen molar-refractivity contribution in [1.29, 1.82) is 0 Å². The van der Waals surface area contributed by atoms with E-state index in [0.717, 1.165) is 4.68 Å². The van der Waals surface area contributed by atoms with Gasteiger partial charge in [0, 0.05) is 38.3 Å². The van der Waals surface area contributed by atoms with Crippen LogP contribution in [0.2, 0.25) is 10.0 Å². The predicted octanol–water partition coefficient (Wildman–Crippen LogP) is 3.11. The minimum absolute atomic E-state index is 0.0638. The highest BCUT2D eigenvalue weighted by molar-refractivity contribution is 6.32. The van der Waals surface area contributed by atoms with Crippen molar-refractivity contribution in [2.24, 2.45) is 5.73 Å². The normalized spacial score (nSPS) is 14.6. The third-order valence-corrected chi connectivity index (χ3v) is 6.19. The Bertz CT molecular complexity index is 1070. The maximum atomic E-state index is 13.0. The molecule has 0 radical (unpaired) electrons. The van der Waals surface area contributed by atoms with Crippen molar-refractivity contribution in [3.05, 3.63) is 44.7 Å². The Morgan fingerprint density at radius 1 is 1.18 bits per heavy atom. The average molecular weight is 508 g/mol. The average Bonchev–Trinajstić information content (AvgIpc) is 3.03. The summed E-state index contributed by atoms with van der Waals surface area (Å²) < 4.78 is 45.2. The molecule has 0 spiro atoms. The number of hydrogen-bond acceptors (Lipinski definition) is 5. The molecule has 1 aliphatic heterocycles. The number of nitrogens with two attached hydrogens (primary N) is 1. The summed E-state index contributed by atoms with van der Waals surface area (Å²) in [4.78, 5) is 28.1. The molecule has 0 saturated carbocycles. The molecule has 1 aliphatic rings. The van der Waals surface area contributed by atoms with Crippen LogP contribution in [0.5, 0.6) is 0 Å². The number of benzene rings is 1. The van der Waals surface area contributed by atoms with E-state index in [1.165, 1.54) is 25.0 Å². The van der Waals surface area contributed by atoms with Crippen LogP contribution in [0.4, 0.5) is 18.9 Å². The summed E-state index contributed by atoms with van der Waals surface area (Å²) in [6.45, 7) is 2.60. The van der Waals surface area contributed by atoms with E-state index in [4.69, 9.17) is 33.7 Å². The maximum absolute atomic E-state index is 13.0. The quantitative estimate of drug-likeness (QED) is 0.648. The van der Waals surface area contributed by atoms with Crippen molar-refractivity contribution in [3.63, 3.8) is 0 Å². The predicted molar refractivity (Wildman–Crippen MR) is 116 cm³/mol. The molecule has 2 heterocycles. The molecule has 1 fully saturated rings. The van der Waals surface area contributed by atoms with E-state index in [-0.39, 0.29) is 24.4 Å². The van der Waals surface area contributed by atoms with Crippen LogP contribution >= 0.6 is 23.2 Å². The van der Waals surface area contributed by atoms with Gasteiger partial charge < -0.3 is 20.3 Å². The summed E-state index contributed by atoms with van der Waals surface area (Å²) in [6.07, 6.45) is -4.71. The van der Waals surface area contributed by atoms with Crippen molar-refractivity contribution in [3.8, 4) is 0 Å². The number of methoxy groups -OCH3 is 1.